The van der Waals surface area contributed by atoms with Crippen LogP contribution in [0.15, 0.2) is 22.8 Å². The van der Waals surface area contributed by atoms with E-state index >= 15 is 0 Å². The topological polar surface area (TPSA) is 48.9 Å². The van der Waals surface area contributed by atoms with Crippen molar-refractivity contribution in [1.29, 1.82) is 0 Å². The van der Waals surface area contributed by atoms with E-state index in [0.29, 0.717) is 0 Å². The summed E-state index contributed by atoms with van der Waals surface area (Å²) in [4.78, 5) is 6.83. The van der Waals surface area contributed by atoms with Gasteiger partial charge in [-0.25, -0.2) is 0 Å². The summed E-state index contributed by atoms with van der Waals surface area (Å²) in [5.41, 5.74) is 1.60. The van der Waals surface area contributed by atoms with E-state index in [-0.39, 0.29) is 5.88 Å². The smallest absolute Gasteiger partial charge is 0.190 e. The zero-order chi connectivity index (χ0) is 7.84. The second-order valence-corrected chi connectivity index (χ2v) is 3.16. The lowest BCUT2D eigenvalue weighted by molar-refractivity contribution is 0.458. The summed E-state index contributed by atoms with van der Waals surface area (Å²) >= 11 is 3.28. The zero-order valence-corrected chi connectivity index (χ0v) is 7.09. The average Bonchev–Trinajstić information content (AvgIpc) is 2.27. The summed E-state index contributed by atoms with van der Waals surface area (Å²) in [6, 6.07) is 3.45. The fraction of sp³-hybridized carbons (Fsp3) is 0. The Balaban J connectivity index is 2.82. The summed E-state index contributed by atoms with van der Waals surface area (Å²) in [6.07, 6.45) is 1.69. The molecule has 2 N–H and O–H groups in total. The van der Waals surface area contributed by atoms with Gasteiger partial charge in [0.2, 0.25) is 0 Å². The number of aromatic amines is 1. The van der Waals surface area contributed by atoms with Crippen molar-refractivity contribution in [3.8, 4) is 5.88 Å². The van der Waals surface area contributed by atoms with Crippen LogP contribution in [0.4, 0.5) is 0 Å². The molecule has 2 heterocycles. The van der Waals surface area contributed by atoms with Crippen LogP contribution in [0.5, 0.6) is 5.88 Å². The molecule has 0 saturated carbocycles. The van der Waals surface area contributed by atoms with Gasteiger partial charge in [-0.1, -0.05) is 0 Å². The number of nitrogens with one attached hydrogen (secondary N) is 1. The van der Waals surface area contributed by atoms with Gasteiger partial charge in [-0.3, -0.25) is 4.98 Å². The standard InChI is InChI=1S/C7H5BrN2O/c8-4-1-6-5(9-3-4)2-7(11)10-6/h1-3,10-11H. The number of fused-ring (bicyclic) bond motifs is 1. The molecule has 0 aliphatic heterocycles. The number of pyridine rings is 1. The summed E-state index contributed by atoms with van der Waals surface area (Å²) in [5.74, 6) is 0.144. The number of halogens is 1. The largest absolute Gasteiger partial charge is 0.495 e. The average molecular weight is 213 g/mol. The summed E-state index contributed by atoms with van der Waals surface area (Å²) in [7, 11) is 0. The third kappa shape index (κ3) is 1.09. The molecule has 2 aromatic rings. The highest BCUT2D eigenvalue weighted by molar-refractivity contribution is 9.10. The van der Waals surface area contributed by atoms with E-state index in [2.05, 4.69) is 25.9 Å². The fourth-order valence-electron chi connectivity index (χ4n) is 0.969. The third-order valence-corrected chi connectivity index (χ3v) is 1.85. The monoisotopic (exact) mass is 212 g/mol. The van der Waals surface area contributed by atoms with Gasteiger partial charge in [0.15, 0.2) is 5.88 Å². The Morgan fingerprint density at radius 3 is 3.09 bits per heavy atom. The minimum Gasteiger partial charge on any atom is -0.495 e. The van der Waals surface area contributed by atoms with Crippen molar-refractivity contribution < 1.29 is 5.11 Å². The molecule has 0 atom stereocenters. The maximum absolute atomic E-state index is 9.04. The van der Waals surface area contributed by atoms with Gasteiger partial charge in [0, 0.05) is 16.7 Å². The molecule has 0 amide bonds. The Hall–Kier alpha value is -1.03. The van der Waals surface area contributed by atoms with Crippen LogP contribution in [0, 0.1) is 0 Å². The number of aromatic hydroxyl groups is 1. The molecule has 0 spiro atoms. The molecular weight excluding hydrogens is 208 g/mol. The lowest BCUT2D eigenvalue weighted by atomic mass is 10.4. The maximum Gasteiger partial charge on any atom is 0.190 e. The molecule has 0 aliphatic carbocycles. The van der Waals surface area contributed by atoms with Crippen LogP contribution >= 0.6 is 15.9 Å². The van der Waals surface area contributed by atoms with Gasteiger partial charge in [0.05, 0.1) is 11.0 Å². The van der Waals surface area contributed by atoms with Crippen LogP contribution in [0.3, 0.4) is 0 Å². The molecule has 56 valence electrons. The highest BCUT2D eigenvalue weighted by Gasteiger charge is 1.99. The van der Waals surface area contributed by atoms with Crippen molar-refractivity contribution in [2.45, 2.75) is 0 Å². The van der Waals surface area contributed by atoms with Crippen LogP contribution in [-0.2, 0) is 0 Å². The number of hydrogen-bond acceptors (Lipinski definition) is 2. The molecule has 3 nitrogen and oxygen atoms in total. The summed E-state index contributed by atoms with van der Waals surface area (Å²) in [5, 5.41) is 9.04. The summed E-state index contributed by atoms with van der Waals surface area (Å²) in [6.45, 7) is 0. The number of rotatable bonds is 0. The van der Waals surface area contributed by atoms with E-state index < -0.39 is 0 Å². The lowest BCUT2D eigenvalue weighted by Crippen LogP contribution is -1.72. The van der Waals surface area contributed by atoms with Crippen molar-refractivity contribution in [3.05, 3.63) is 22.8 Å². The first kappa shape index (κ1) is 6.67. The highest BCUT2D eigenvalue weighted by Crippen LogP contribution is 2.19. The second kappa shape index (κ2) is 2.23. The van der Waals surface area contributed by atoms with Crippen LogP contribution < -0.4 is 0 Å². The first-order valence-electron chi connectivity index (χ1n) is 3.09. The van der Waals surface area contributed by atoms with Crippen molar-refractivity contribution in [1.82, 2.24) is 9.97 Å². The SMILES string of the molecule is Oc1cc2ncc(Br)cc2[nH]1. The van der Waals surface area contributed by atoms with E-state index in [9.17, 15) is 0 Å². The van der Waals surface area contributed by atoms with E-state index in [4.69, 9.17) is 5.11 Å². The molecule has 0 unspecified atom stereocenters. The summed E-state index contributed by atoms with van der Waals surface area (Å²) < 4.78 is 0.895. The van der Waals surface area contributed by atoms with E-state index in [1.54, 1.807) is 12.3 Å². The molecular formula is C7H5BrN2O. The minimum atomic E-state index is 0.144. The van der Waals surface area contributed by atoms with Crippen LogP contribution in [0.1, 0.15) is 0 Å². The molecule has 2 rings (SSSR count). The lowest BCUT2D eigenvalue weighted by Gasteiger charge is -1.88. The van der Waals surface area contributed by atoms with E-state index in [1.165, 1.54) is 0 Å². The van der Waals surface area contributed by atoms with Crippen LogP contribution in [0.25, 0.3) is 11.0 Å². The Labute approximate surface area is 71.2 Å². The molecule has 11 heavy (non-hydrogen) atoms. The van der Waals surface area contributed by atoms with Crippen molar-refractivity contribution in [2.24, 2.45) is 0 Å². The van der Waals surface area contributed by atoms with E-state index in [1.807, 2.05) is 6.07 Å². The normalized spacial score (nSPS) is 10.6. The van der Waals surface area contributed by atoms with Crippen molar-refractivity contribution >= 4 is 27.0 Å². The Kier molecular flexibility index (Phi) is 1.35. The first-order valence-corrected chi connectivity index (χ1v) is 3.88. The van der Waals surface area contributed by atoms with Gasteiger partial charge < -0.3 is 10.1 Å². The predicted molar refractivity (Wildman–Crippen MR) is 45.5 cm³/mol. The van der Waals surface area contributed by atoms with Gasteiger partial charge >= 0.3 is 0 Å². The number of hydrogen-bond donors (Lipinski definition) is 2. The first-order chi connectivity index (χ1) is 5.25. The fourth-order valence-corrected chi connectivity index (χ4v) is 1.30. The highest BCUT2D eigenvalue weighted by atomic mass is 79.9. The van der Waals surface area contributed by atoms with Gasteiger partial charge in [0.25, 0.3) is 0 Å². The Morgan fingerprint density at radius 1 is 1.45 bits per heavy atom. The maximum atomic E-state index is 9.04. The number of H-pyrrole nitrogens is 1. The van der Waals surface area contributed by atoms with Gasteiger partial charge in [-0.05, 0) is 22.0 Å². The van der Waals surface area contributed by atoms with Crippen molar-refractivity contribution in [3.63, 3.8) is 0 Å². The van der Waals surface area contributed by atoms with E-state index in [0.717, 1.165) is 15.5 Å². The molecule has 0 aliphatic rings. The number of aromatic nitrogens is 2. The molecule has 2 aromatic heterocycles. The molecule has 0 aromatic carbocycles. The van der Waals surface area contributed by atoms with Gasteiger partial charge in [-0.15, -0.1) is 0 Å². The zero-order valence-electron chi connectivity index (χ0n) is 5.50. The Bertz CT molecular complexity index is 396. The van der Waals surface area contributed by atoms with Crippen molar-refractivity contribution in [2.75, 3.05) is 0 Å². The quantitative estimate of drug-likeness (QED) is 0.703. The Morgan fingerprint density at radius 2 is 2.27 bits per heavy atom. The molecule has 0 bridgehead atoms. The predicted octanol–water partition coefficient (Wildman–Crippen LogP) is 2.03. The van der Waals surface area contributed by atoms with Gasteiger partial charge in [0.1, 0.15) is 0 Å². The molecule has 0 radical (unpaired) electrons. The third-order valence-electron chi connectivity index (χ3n) is 1.42. The molecule has 0 fully saturated rings. The van der Waals surface area contributed by atoms with Gasteiger partial charge in [-0.2, -0.15) is 0 Å². The second-order valence-electron chi connectivity index (χ2n) is 2.24. The molecule has 0 saturated heterocycles. The van der Waals surface area contributed by atoms with Crippen LogP contribution in [-0.4, -0.2) is 15.1 Å². The number of nitrogens with zero attached hydrogens (tertiary/aromatic N) is 1. The molecule has 4 heteroatoms. The van der Waals surface area contributed by atoms with Crippen LogP contribution in [0.2, 0.25) is 0 Å². The minimum absolute atomic E-state index is 0.144.